The van der Waals surface area contributed by atoms with Crippen molar-refractivity contribution in [3.05, 3.63) is 93.8 Å². The van der Waals surface area contributed by atoms with Gasteiger partial charge in [0.05, 0.1) is 17.3 Å². The lowest BCUT2D eigenvalue weighted by Gasteiger charge is -2.37. The fourth-order valence-electron chi connectivity index (χ4n) is 4.14. The first-order valence-electron chi connectivity index (χ1n) is 10.3. The van der Waals surface area contributed by atoms with Gasteiger partial charge in [-0.1, -0.05) is 53.3 Å². The quantitative estimate of drug-likeness (QED) is 0.480. The molecule has 0 saturated carbocycles. The number of nitrogens with zero attached hydrogens (tertiary/aromatic N) is 2. The maximum absolute atomic E-state index is 13.6. The van der Waals surface area contributed by atoms with Crippen molar-refractivity contribution < 1.29 is 4.79 Å². The average Bonchev–Trinajstić information content (AvgIpc) is 3.10. The van der Waals surface area contributed by atoms with Crippen LogP contribution in [0.1, 0.15) is 21.5 Å². The zero-order valence-electron chi connectivity index (χ0n) is 17.5. The Morgan fingerprint density at radius 1 is 1.03 bits per heavy atom. The number of fused-ring (bicyclic) bond motifs is 1. The Morgan fingerprint density at radius 2 is 1.81 bits per heavy atom. The average molecular weight is 430 g/mol. The highest BCUT2D eigenvalue weighted by atomic mass is 32.1. The molecule has 5 nitrogen and oxygen atoms in total. The topological polar surface area (TPSA) is 54.3 Å². The number of carbonyl (C=O) groups excluding carboxylic acids is 1. The van der Waals surface area contributed by atoms with Gasteiger partial charge >= 0.3 is 0 Å². The van der Waals surface area contributed by atoms with Crippen LogP contribution in [0, 0.1) is 6.92 Å². The molecule has 0 radical (unpaired) electrons. The van der Waals surface area contributed by atoms with Gasteiger partial charge in [-0.25, -0.2) is 0 Å². The number of aromatic nitrogens is 1. The number of ketones is 1. The molecular weight excluding hydrogens is 406 g/mol. The molecule has 0 atom stereocenters. The third kappa shape index (κ3) is 3.58. The van der Waals surface area contributed by atoms with Crippen LogP contribution in [0.25, 0.3) is 15.9 Å². The maximum Gasteiger partial charge on any atom is 0.256 e. The third-order valence-corrected chi connectivity index (χ3v) is 6.78. The number of para-hydroxylation sites is 1. The SMILES string of the molecule is Cc1cccc(C(=O)c2c(NC3CN(C)C3)sc3c2ccc(=O)n3-c2ccccc2)c1. The first-order valence-corrected chi connectivity index (χ1v) is 11.1. The first kappa shape index (κ1) is 19.7. The number of likely N-dealkylation sites (N-methyl/N-ethyl adjacent to an activating group) is 1. The van der Waals surface area contributed by atoms with Crippen molar-refractivity contribution in [2.75, 3.05) is 25.5 Å². The van der Waals surface area contributed by atoms with Crippen LogP contribution in [-0.4, -0.2) is 41.4 Å². The molecule has 1 aliphatic rings. The molecule has 0 spiro atoms. The summed E-state index contributed by atoms with van der Waals surface area (Å²) in [6.45, 7) is 3.84. The molecule has 5 rings (SSSR count). The monoisotopic (exact) mass is 429 g/mol. The van der Waals surface area contributed by atoms with Crippen LogP contribution in [-0.2, 0) is 0 Å². The summed E-state index contributed by atoms with van der Waals surface area (Å²) in [6.07, 6.45) is 0. The van der Waals surface area contributed by atoms with Crippen molar-refractivity contribution in [2.45, 2.75) is 13.0 Å². The molecule has 0 amide bonds. The number of anilines is 1. The lowest BCUT2D eigenvalue weighted by atomic mass is 10.0. The predicted molar refractivity (Wildman–Crippen MR) is 127 cm³/mol. The van der Waals surface area contributed by atoms with E-state index < -0.39 is 0 Å². The highest BCUT2D eigenvalue weighted by Crippen LogP contribution is 2.38. The summed E-state index contributed by atoms with van der Waals surface area (Å²) in [6, 6.07) is 20.9. The van der Waals surface area contributed by atoms with E-state index in [9.17, 15) is 9.59 Å². The molecule has 0 aliphatic carbocycles. The van der Waals surface area contributed by atoms with Gasteiger partial charge in [0, 0.05) is 30.1 Å². The molecule has 3 heterocycles. The van der Waals surface area contributed by atoms with Gasteiger partial charge in [0.1, 0.15) is 9.83 Å². The van der Waals surface area contributed by atoms with Crippen molar-refractivity contribution in [1.82, 2.24) is 9.47 Å². The van der Waals surface area contributed by atoms with E-state index in [-0.39, 0.29) is 11.3 Å². The second kappa shape index (κ2) is 7.80. The lowest BCUT2D eigenvalue weighted by Crippen LogP contribution is -2.52. The lowest BCUT2D eigenvalue weighted by molar-refractivity contribution is 0.104. The van der Waals surface area contributed by atoms with Crippen LogP contribution in [0.15, 0.2) is 71.5 Å². The fraction of sp³-hybridized carbons (Fsp3) is 0.200. The van der Waals surface area contributed by atoms with Crippen LogP contribution >= 0.6 is 11.3 Å². The van der Waals surface area contributed by atoms with Gasteiger partial charge in [0.2, 0.25) is 0 Å². The summed E-state index contributed by atoms with van der Waals surface area (Å²) in [5, 5.41) is 5.20. The van der Waals surface area contributed by atoms with E-state index in [0.29, 0.717) is 17.2 Å². The van der Waals surface area contributed by atoms with Crippen molar-refractivity contribution >= 4 is 32.3 Å². The van der Waals surface area contributed by atoms with Gasteiger partial charge in [-0.15, -0.1) is 0 Å². The van der Waals surface area contributed by atoms with Crippen LogP contribution in [0.2, 0.25) is 0 Å². The molecule has 1 N–H and O–H groups in total. The summed E-state index contributed by atoms with van der Waals surface area (Å²) in [5.41, 5.74) is 3.03. The Balaban J connectivity index is 1.72. The molecule has 0 unspecified atom stereocenters. The standard InChI is InChI=1S/C25H23N3O2S/c1-16-7-6-8-17(13-16)23(30)22-20-11-12-21(29)28(19-9-4-3-5-10-19)25(20)31-24(22)26-18-14-27(2)15-18/h3-13,18,26H,14-15H2,1-2H3. The number of carbonyl (C=O) groups is 1. The molecule has 156 valence electrons. The Kier molecular flexibility index (Phi) is 4.96. The van der Waals surface area contributed by atoms with E-state index in [1.807, 2.05) is 61.5 Å². The van der Waals surface area contributed by atoms with E-state index in [1.165, 1.54) is 11.3 Å². The number of benzene rings is 2. The van der Waals surface area contributed by atoms with E-state index in [2.05, 4.69) is 17.3 Å². The Hall–Kier alpha value is -3.22. The van der Waals surface area contributed by atoms with Gasteiger partial charge in [-0.3, -0.25) is 14.2 Å². The normalized spacial score (nSPS) is 14.5. The minimum absolute atomic E-state index is 0.0246. The van der Waals surface area contributed by atoms with Crippen molar-refractivity contribution in [3.8, 4) is 5.69 Å². The summed E-state index contributed by atoms with van der Waals surface area (Å²) in [7, 11) is 2.08. The van der Waals surface area contributed by atoms with Crippen molar-refractivity contribution in [3.63, 3.8) is 0 Å². The fourth-order valence-corrected chi connectivity index (χ4v) is 5.43. The van der Waals surface area contributed by atoms with Gasteiger partial charge in [-0.05, 0) is 38.2 Å². The summed E-state index contributed by atoms with van der Waals surface area (Å²) < 4.78 is 1.70. The number of likely N-dealkylation sites (tertiary alicyclic amines) is 1. The number of aryl methyl sites for hydroxylation is 1. The Labute approximate surface area is 184 Å². The van der Waals surface area contributed by atoms with E-state index in [4.69, 9.17) is 0 Å². The molecule has 31 heavy (non-hydrogen) atoms. The second-order valence-electron chi connectivity index (χ2n) is 8.13. The molecule has 1 saturated heterocycles. The molecule has 2 aromatic carbocycles. The molecule has 4 aromatic rings. The molecular formula is C25H23N3O2S. The highest BCUT2D eigenvalue weighted by molar-refractivity contribution is 7.23. The van der Waals surface area contributed by atoms with Gasteiger partial charge < -0.3 is 10.2 Å². The smallest absolute Gasteiger partial charge is 0.256 e. The molecule has 0 bridgehead atoms. The van der Waals surface area contributed by atoms with E-state index in [1.54, 1.807) is 16.7 Å². The number of rotatable bonds is 5. The molecule has 6 heteroatoms. The largest absolute Gasteiger partial charge is 0.371 e. The zero-order chi connectivity index (χ0) is 21.5. The number of nitrogens with one attached hydrogen (secondary N) is 1. The van der Waals surface area contributed by atoms with Crippen LogP contribution in [0.3, 0.4) is 0 Å². The third-order valence-electron chi connectivity index (χ3n) is 5.66. The predicted octanol–water partition coefficient (Wildman–Crippen LogP) is 4.32. The summed E-state index contributed by atoms with van der Waals surface area (Å²) in [4.78, 5) is 29.5. The van der Waals surface area contributed by atoms with Crippen molar-refractivity contribution in [2.24, 2.45) is 0 Å². The number of hydrogen-bond donors (Lipinski definition) is 1. The van der Waals surface area contributed by atoms with Crippen molar-refractivity contribution in [1.29, 1.82) is 0 Å². The van der Waals surface area contributed by atoms with Crippen LogP contribution < -0.4 is 10.9 Å². The van der Waals surface area contributed by atoms with Gasteiger partial charge in [0.15, 0.2) is 5.78 Å². The maximum atomic E-state index is 13.6. The first-order chi connectivity index (χ1) is 15.0. The Morgan fingerprint density at radius 3 is 2.52 bits per heavy atom. The van der Waals surface area contributed by atoms with E-state index in [0.717, 1.165) is 39.6 Å². The zero-order valence-corrected chi connectivity index (χ0v) is 18.3. The number of thiophene rings is 1. The summed E-state index contributed by atoms with van der Waals surface area (Å²) in [5.74, 6) is -0.0246. The van der Waals surface area contributed by atoms with Crippen LogP contribution in [0.4, 0.5) is 5.00 Å². The summed E-state index contributed by atoms with van der Waals surface area (Å²) >= 11 is 1.48. The van der Waals surface area contributed by atoms with E-state index >= 15 is 0 Å². The molecule has 2 aromatic heterocycles. The highest BCUT2D eigenvalue weighted by Gasteiger charge is 2.28. The van der Waals surface area contributed by atoms with Gasteiger partial charge in [-0.2, -0.15) is 0 Å². The Bertz CT molecular complexity index is 1330. The molecule has 1 fully saturated rings. The second-order valence-corrected chi connectivity index (χ2v) is 9.13. The van der Waals surface area contributed by atoms with Gasteiger partial charge in [0.25, 0.3) is 5.56 Å². The molecule has 1 aliphatic heterocycles. The van der Waals surface area contributed by atoms with Crippen LogP contribution in [0.5, 0.6) is 0 Å². The minimum atomic E-state index is -0.107. The number of hydrogen-bond acceptors (Lipinski definition) is 5. The minimum Gasteiger partial charge on any atom is -0.371 e. The number of pyridine rings is 1.